The Morgan fingerprint density at radius 2 is 2.12 bits per heavy atom. The van der Waals surface area contributed by atoms with Crippen LogP contribution in [-0.2, 0) is 14.3 Å². The summed E-state index contributed by atoms with van der Waals surface area (Å²) in [5, 5.41) is 11.3. The first-order chi connectivity index (χ1) is 8.02. The van der Waals surface area contributed by atoms with Gasteiger partial charge in [0.2, 0.25) is 5.91 Å². The molecule has 0 heterocycles. The Morgan fingerprint density at radius 3 is 2.53 bits per heavy atom. The summed E-state index contributed by atoms with van der Waals surface area (Å²) in [7, 11) is 0. The Kier molecular flexibility index (Phi) is 4.93. The zero-order chi connectivity index (χ0) is 12.9. The number of carboxylic acid groups (broad SMARTS) is 1. The van der Waals surface area contributed by atoms with Gasteiger partial charge in [0.05, 0.1) is 5.41 Å². The Labute approximate surface area is 102 Å². The summed E-state index contributed by atoms with van der Waals surface area (Å²) in [6.07, 6.45) is 3.37. The predicted octanol–water partition coefficient (Wildman–Crippen LogP) is 1.17. The quantitative estimate of drug-likeness (QED) is 0.658. The number of aliphatic carboxylic acids is 1. The van der Waals surface area contributed by atoms with Crippen LogP contribution in [0.3, 0.4) is 0 Å². The van der Waals surface area contributed by atoms with Crippen LogP contribution in [0.2, 0.25) is 0 Å². The summed E-state index contributed by atoms with van der Waals surface area (Å²) in [6, 6.07) is -0.827. The molecule has 1 rings (SSSR count). The fraction of sp³-hybridized carbons (Fsp3) is 0.833. The fourth-order valence-electron chi connectivity index (χ4n) is 2.02. The van der Waals surface area contributed by atoms with E-state index in [0.29, 0.717) is 19.6 Å². The lowest BCUT2D eigenvalue weighted by Gasteiger charge is -2.40. The van der Waals surface area contributed by atoms with Crippen LogP contribution in [0.25, 0.3) is 0 Å². The van der Waals surface area contributed by atoms with Crippen molar-refractivity contribution in [3.05, 3.63) is 0 Å². The van der Waals surface area contributed by atoms with Gasteiger partial charge in [0.1, 0.15) is 6.04 Å². The SMILES string of the molecule is CCOCCC1(C(=O)N[C@H](C)C(=O)O)CCC1. The van der Waals surface area contributed by atoms with Gasteiger partial charge < -0.3 is 15.2 Å². The maximum atomic E-state index is 12.0. The minimum atomic E-state index is -1.00. The highest BCUT2D eigenvalue weighted by Crippen LogP contribution is 2.44. The van der Waals surface area contributed by atoms with Gasteiger partial charge in [-0.3, -0.25) is 9.59 Å². The van der Waals surface area contributed by atoms with Crippen LogP contribution in [0.1, 0.15) is 39.5 Å². The molecule has 98 valence electrons. The Hall–Kier alpha value is -1.10. The van der Waals surface area contributed by atoms with Gasteiger partial charge in [0.25, 0.3) is 0 Å². The average Bonchev–Trinajstić information content (AvgIpc) is 2.21. The standard InChI is InChI=1S/C12H21NO4/c1-3-17-8-7-12(5-4-6-12)11(16)13-9(2)10(14)15/h9H,3-8H2,1-2H3,(H,13,16)(H,14,15)/t9-/m1/s1. The first-order valence-corrected chi connectivity index (χ1v) is 6.13. The molecular weight excluding hydrogens is 222 g/mol. The van der Waals surface area contributed by atoms with E-state index in [1.54, 1.807) is 0 Å². The second-order valence-electron chi connectivity index (χ2n) is 4.61. The van der Waals surface area contributed by atoms with Gasteiger partial charge in [-0.1, -0.05) is 6.42 Å². The number of rotatable bonds is 7. The number of nitrogens with one attached hydrogen (secondary N) is 1. The summed E-state index contributed by atoms with van der Waals surface area (Å²) < 4.78 is 5.27. The van der Waals surface area contributed by atoms with E-state index < -0.39 is 12.0 Å². The van der Waals surface area contributed by atoms with E-state index in [4.69, 9.17) is 9.84 Å². The zero-order valence-electron chi connectivity index (χ0n) is 10.5. The molecule has 0 aromatic rings. The zero-order valence-corrected chi connectivity index (χ0v) is 10.5. The van der Waals surface area contributed by atoms with Crippen molar-refractivity contribution in [2.75, 3.05) is 13.2 Å². The molecule has 17 heavy (non-hydrogen) atoms. The van der Waals surface area contributed by atoms with Crippen LogP contribution in [0.4, 0.5) is 0 Å². The lowest BCUT2D eigenvalue weighted by molar-refractivity contribution is -0.146. The largest absolute Gasteiger partial charge is 0.480 e. The van der Waals surface area contributed by atoms with Crippen molar-refractivity contribution >= 4 is 11.9 Å². The summed E-state index contributed by atoms with van der Waals surface area (Å²) in [5.74, 6) is -1.14. The van der Waals surface area contributed by atoms with Crippen molar-refractivity contribution in [3.63, 3.8) is 0 Å². The Balaban J connectivity index is 2.48. The molecule has 0 spiro atoms. The van der Waals surface area contributed by atoms with Crippen LogP contribution < -0.4 is 5.32 Å². The van der Waals surface area contributed by atoms with Crippen molar-refractivity contribution in [1.29, 1.82) is 0 Å². The molecule has 1 saturated carbocycles. The van der Waals surface area contributed by atoms with Gasteiger partial charge in [0, 0.05) is 13.2 Å². The molecular formula is C12H21NO4. The third-order valence-corrected chi connectivity index (χ3v) is 3.44. The summed E-state index contributed by atoms with van der Waals surface area (Å²) in [5.41, 5.74) is -0.390. The third kappa shape index (κ3) is 3.43. The number of carboxylic acids is 1. The minimum absolute atomic E-state index is 0.140. The second-order valence-corrected chi connectivity index (χ2v) is 4.61. The number of amides is 1. The number of hydrogen-bond acceptors (Lipinski definition) is 3. The van der Waals surface area contributed by atoms with Crippen LogP contribution in [0.15, 0.2) is 0 Å². The van der Waals surface area contributed by atoms with E-state index in [1.807, 2.05) is 6.92 Å². The normalized spacial score (nSPS) is 19.2. The molecule has 1 aliphatic carbocycles. The molecule has 0 aromatic heterocycles. The van der Waals surface area contributed by atoms with Gasteiger partial charge in [-0.25, -0.2) is 0 Å². The first kappa shape index (κ1) is 14.0. The topological polar surface area (TPSA) is 75.6 Å². The van der Waals surface area contributed by atoms with E-state index in [2.05, 4.69) is 5.32 Å². The molecule has 0 unspecified atom stereocenters. The van der Waals surface area contributed by atoms with Crippen molar-refractivity contribution in [3.8, 4) is 0 Å². The number of ether oxygens (including phenoxy) is 1. The first-order valence-electron chi connectivity index (χ1n) is 6.13. The lowest BCUT2D eigenvalue weighted by atomic mass is 9.66. The van der Waals surface area contributed by atoms with E-state index >= 15 is 0 Å². The van der Waals surface area contributed by atoms with Gasteiger partial charge >= 0.3 is 5.97 Å². The Morgan fingerprint density at radius 1 is 1.47 bits per heavy atom. The molecule has 0 saturated heterocycles. The van der Waals surface area contributed by atoms with Crippen molar-refractivity contribution in [2.24, 2.45) is 5.41 Å². The predicted molar refractivity (Wildman–Crippen MR) is 62.6 cm³/mol. The highest BCUT2D eigenvalue weighted by molar-refractivity contribution is 5.87. The molecule has 0 aliphatic heterocycles. The molecule has 2 N–H and O–H groups in total. The minimum Gasteiger partial charge on any atom is -0.480 e. The lowest BCUT2D eigenvalue weighted by Crippen LogP contribution is -2.50. The van der Waals surface area contributed by atoms with Crippen molar-refractivity contribution in [1.82, 2.24) is 5.32 Å². The number of carbonyl (C=O) groups excluding carboxylic acids is 1. The maximum absolute atomic E-state index is 12.0. The molecule has 0 aromatic carbocycles. The molecule has 0 bridgehead atoms. The molecule has 1 atom stereocenters. The van der Waals surface area contributed by atoms with Gasteiger partial charge in [-0.2, -0.15) is 0 Å². The van der Waals surface area contributed by atoms with Crippen LogP contribution in [-0.4, -0.2) is 36.2 Å². The highest BCUT2D eigenvalue weighted by Gasteiger charge is 2.44. The molecule has 5 heteroatoms. The van der Waals surface area contributed by atoms with Crippen molar-refractivity contribution < 1.29 is 19.4 Å². The smallest absolute Gasteiger partial charge is 0.325 e. The van der Waals surface area contributed by atoms with E-state index in [0.717, 1.165) is 19.3 Å². The van der Waals surface area contributed by atoms with E-state index in [9.17, 15) is 9.59 Å². The van der Waals surface area contributed by atoms with Crippen LogP contribution in [0.5, 0.6) is 0 Å². The van der Waals surface area contributed by atoms with Crippen LogP contribution in [0, 0.1) is 5.41 Å². The molecule has 5 nitrogen and oxygen atoms in total. The molecule has 0 radical (unpaired) electrons. The van der Waals surface area contributed by atoms with E-state index in [-0.39, 0.29) is 11.3 Å². The highest BCUT2D eigenvalue weighted by atomic mass is 16.5. The summed E-state index contributed by atoms with van der Waals surface area (Å²) in [6.45, 7) is 4.60. The second kappa shape index (κ2) is 6.00. The average molecular weight is 243 g/mol. The number of hydrogen-bond donors (Lipinski definition) is 2. The van der Waals surface area contributed by atoms with Gasteiger partial charge in [-0.15, -0.1) is 0 Å². The van der Waals surface area contributed by atoms with E-state index in [1.165, 1.54) is 6.92 Å². The van der Waals surface area contributed by atoms with Crippen molar-refractivity contribution in [2.45, 2.75) is 45.6 Å². The Bertz CT molecular complexity index is 286. The maximum Gasteiger partial charge on any atom is 0.325 e. The fourth-order valence-corrected chi connectivity index (χ4v) is 2.02. The monoisotopic (exact) mass is 243 g/mol. The van der Waals surface area contributed by atoms with Gasteiger partial charge in [-0.05, 0) is 33.1 Å². The molecule has 1 amide bonds. The van der Waals surface area contributed by atoms with Crippen LogP contribution >= 0.6 is 0 Å². The molecule has 1 aliphatic rings. The molecule has 1 fully saturated rings. The van der Waals surface area contributed by atoms with Gasteiger partial charge in [0.15, 0.2) is 0 Å². The number of carbonyl (C=O) groups is 2. The summed E-state index contributed by atoms with van der Waals surface area (Å²) >= 11 is 0. The summed E-state index contributed by atoms with van der Waals surface area (Å²) in [4.78, 5) is 22.7. The third-order valence-electron chi connectivity index (χ3n) is 3.44.